The van der Waals surface area contributed by atoms with Crippen LogP contribution < -0.4 is 10.0 Å². The fourth-order valence-electron chi connectivity index (χ4n) is 3.21. The van der Waals surface area contributed by atoms with Gasteiger partial charge in [-0.2, -0.15) is 4.72 Å². The maximum absolute atomic E-state index is 12.6. The van der Waals surface area contributed by atoms with Gasteiger partial charge in [-0.1, -0.05) is 12.1 Å². The molecule has 9 nitrogen and oxygen atoms in total. The lowest BCUT2D eigenvalue weighted by molar-refractivity contribution is -0.171. The van der Waals surface area contributed by atoms with Crippen molar-refractivity contribution < 1.29 is 22.8 Å². The van der Waals surface area contributed by atoms with Crippen molar-refractivity contribution in [3.8, 4) is 0 Å². The van der Waals surface area contributed by atoms with E-state index >= 15 is 0 Å². The first-order chi connectivity index (χ1) is 12.3. The van der Waals surface area contributed by atoms with E-state index in [4.69, 9.17) is 4.84 Å². The fraction of sp³-hybridized carbons (Fsp3) is 0.500. The summed E-state index contributed by atoms with van der Waals surface area (Å²) >= 11 is 0. The Bertz CT molecular complexity index is 828. The van der Waals surface area contributed by atoms with Gasteiger partial charge in [-0.05, 0) is 18.6 Å². The van der Waals surface area contributed by atoms with E-state index in [0.29, 0.717) is 18.5 Å². The van der Waals surface area contributed by atoms with E-state index in [1.807, 2.05) is 0 Å². The van der Waals surface area contributed by atoms with Crippen molar-refractivity contribution in [3.63, 3.8) is 0 Å². The third-order valence-corrected chi connectivity index (χ3v) is 6.35. The Hall–Kier alpha value is -2.17. The molecule has 0 radical (unpaired) electrons. The van der Waals surface area contributed by atoms with Crippen molar-refractivity contribution in [2.24, 2.45) is 0 Å². The summed E-state index contributed by atoms with van der Waals surface area (Å²) in [6, 6.07) is 6.66. The average molecular weight is 382 g/mol. The minimum Gasteiger partial charge on any atom is -0.365 e. The van der Waals surface area contributed by atoms with Crippen LogP contribution in [0.3, 0.4) is 0 Å². The number of hydroxylamine groups is 2. The third-order valence-electron chi connectivity index (χ3n) is 4.76. The highest BCUT2D eigenvalue weighted by atomic mass is 32.2. The SMILES string of the molecule is CON(C)C(=O)CN1CCC2(CCC1=O)Nc1ccccc1S(=O)(=O)N2. The number of carbonyl (C=O) groups excluding carboxylic acids is 2. The van der Waals surface area contributed by atoms with Crippen LogP contribution in [0.15, 0.2) is 29.2 Å². The van der Waals surface area contributed by atoms with Gasteiger partial charge < -0.3 is 10.2 Å². The van der Waals surface area contributed by atoms with Gasteiger partial charge in [0.05, 0.1) is 12.8 Å². The lowest BCUT2D eigenvalue weighted by Crippen LogP contribution is -2.57. The molecule has 2 amide bonds. The molecule has 0 saturated carbocycles. The number of sulfonamides is 1. The molecule has 10 heteroatoms. The van der Waals surface area contributed by atoms with E-state index in [9.17, 15) is 18.0 Å². The summed E-state index contributed by atoms with van der Waals surface area (Å²) in [5.74, 6) is -0.543. The number of nitrogens with zero attached hydrogens (tertiary/aromatic N) is 2. The van der Waals surface area contributed by atoms with Crippen LogP contribution in [-0.4, -0.2) is 63.1 Å². The highest BCUT2D eigenvalue weighted by molar-refractivity contribution is 7.89. The molecule has 1 atom stereocenters. The molecule has 2 heterocycles. The van der Waals surface area contributed by atoms with Crippen molar-refractivity contribution in [1.82, 2.24) is 14.7 Å². The number of amides is 2. The van der Waals surface area contributed by atoms with Gasteiger partial charge >= 0.3 is 0 Å². The number of anilines is 1. The van der Waals surface area contributed by atoms with E-state index in [-0.39, 0.29) is 36.2 Å². The van der Waals surface area contributed by atoms with Crippen molar-refractivity contribution in [1.29, 1.82) is 0 Å². The largest absolute Gasteiger partial charge is 0.365 e. The molecule has 2 N–H and O–H groups in total. The van der Waals surface area contributed by atoms with E-state index in [0.717, 1.165) is 5.06 Å². The Kier molecular flexibility index (Phi) is 4.91. The van der Waals surface area contributed by atoms with Gasteiger partial charge in [0.15, 0.2) is 0 Å². The zero-order chi connectivity index (χ0) is 18.9. The molecule has 3 rings (SSSR count). The molecule has 2 aliphatic heterocycles. The quantitative estimate of drug-likeness (QED) is 0.719. The minimum absolute atomic E-state index is 0.109. The van der Waals surface area contributed by atoms with Crippen molar-refractivity contribution in [3.05, 3.63) is 24.3 Å². The number of rotatable bonds is 3. The lowest BCUT2D eigenvalue weighted by atomic mass is 10.0. The number of fused-ring (bicyclic) bond motifs is 1. The van der Waals surface area contributed by atoms with Crippen LogP contribution in [0.4, 0.5) is 5.69 Å². The first-order valence-corrected chi connectivity index (χ1v) is 9.74. The number of likely N-dealkylation sites (N-methyl/N-ethyl adjacent to an activating group) is 1. The average Bonchev–Trinajstić information content (AvgIpc) is 2.74. The van der Waals surface area contributed by atoms with Crippen LogP contribution in [-0.2, 0) is 24.4 Å². The molecule has 26 heavy (non-hydrogen) atoms. The summed E-state index contributed by atoms with van der Waals surface area (Å²) < 4.78 is 27.9. The normalized spacial score (nSPS) is 24.5. The van der Waals surface area contributed by atoms with Gasteiger partial charge in [0.25, 0.3) is 5.91 Å². The number of carbonyl (C=O) groups is 2. The van der Waals surface area contributed by atoms with Crippen LogP contribution in [0.5, 0.6) is 0 Å². The highest BCUT2D eigenvalue weighted by Crippen LogP contribution is 2.34. The molecule has 1 fully saturated rings. The first-order valence-electron chi connectivity index (χ1n) is 8.26. The van der Waals surface area contributed by atoms with Crippen molar-refractivity contribution >= 4 is 27.5 Å². The predicted octanol–water partition coefficient (Wildman–Crippen LogP) is 0.119. The molecule has 0 bridgehead atoms. The van der Waals surface area contributed by atoms with Gasteiger partial charge in [0.1, 0.15) is 17.1 Å². The molecular weight excluding hydrogens is 360 g/mol. The predicted molar refractivity (Wildman–Crippen MR) is 93.3 cm³/mol. The maximum atomic E-state index is 12.6. The zero-order valence-electron chi connectivity index (χ0n) is 14.7. The summed E-state index contributed by atoms with van der Waals surface area (Å²) in [5.41, 5.74) is -0.435. The molecule has 1 saturated heterocycles. The number of hydrogen-bond donors (Lipinski definition) is 2. The van der Waals surface area contributed by atoms with Gasteiger partial charge in [0.2, 0.25) is 15.9 Å². The van der Waals surface area contributed by atoms with Crippen LogP contribution in [0.25, 0.3) is 0 Å². The molecule has 142 valence electrons. The number of benzene rings is 1. The van der Waals surface area contributed by atoms with Crippen molar-refractivity contribution in [2.45, 2.75) is 29.8 Å². The fourth-order valence-corrected chi connectivity index (χ4v) is 4.76. The Morgan fingerprint density at radius 3 is 2.81 bits per heavy atom. The van der Waals surface area contributed by atoms with Gasteiger partial charge in [-0.15, -0.1) is 0 Å². The standard InChI is InChI=1S/C16H22N4O5S/c1-19(25-2)15(22)11-20-10-9-16(8-7-14(20)21)17-12-5-3-4-6-13(12)26(23,24)18-16/h3-6,17-18H,7-11H2,1-2H3. The molecule has 1 spiro atoms. The molecule has 1 aromatic carbocycles. The van der Waals surface area contributed by atoms with Crippen LogP contribution in [0, 0.1) is 0 Å². The molecule has 0 aromatic heterocycles. The molecule has 0 aliphatic carbocycles. The summed E-state index contributed by atoms with van der Waals surface area (Å²) in [6.07, 6.45) is 0.766. The van der Waals surface area contributed by atoms with Crippen LogP contribution in [0.2, 0.25) is 0 Å². The second kappa shape index (κ2) is 6.86. The third kappa shape index (κ3) is 3.53. The number of para-hydroxylation sites is 1. The zero-order valence-corrected chi connectivity index (χ0v) is 15.5. The summed E-state index contributed by atoms with van der Waals surface area (Å²) in [7, 11) is -0.837. The van der Waals surface area contributed by atoms with E-state index in [1.165, 1.54) is 25.1 Å². The Labute approximate surface area is 152 Å². The van der Waals surface area contributed by atoms with Gasteiger partial charge in [-0.3, -0.25) is 14.4 Å². The van der Waals surface area contributed by atoms with Gasteiger partial charge in [0, 0.05) is 26.4 Å². The molecule has 2 aliphatic rings. The molecule has 1 unspecified atom stereocenters. The van der Waals surface area contributed by atoms with Crippen molar-refractivity contribution in [2.75, 3.05) is 32.6 Å². The summed E-state index contributed by atoms with van der Waals surface area (Å²) in [6.45, 7) is 0.141. The minimum atomic E-state index is -3.68. The topological polar surface area (TPSA) is 108 Å². The first kappa shape index (κ1) is 18.6. The second-order valence-electron chi connectivity index (χ2n) is 6.45. The van der Waals surface area contributed by atoms with E-state index < -0.39 is 15.7 Å². The second-order valence-corrected chi connectivity index (χ2v) is 8.10. The highest BCUT2D eigenvalue weighted by Gasteiger charge is 2.43. The Morgan fingerprint density at radius 2 is 2.08 bits per heavy atom. The lowest BCUT2D eigenvalue weighted by Gasteiger charge is -2.39. The smallest absolute Gasteiger partial charge is 0.265 e. The Morgan fingerprint density at radius 1 is 1.35 bits per heavy atom. The molecule has 1 aromatic rings. The van der Waals surface area contributed by atoms with Crippen LogP contribution >= 0.6 is 0 Å². The summed E-state index contributed by atoms with van der Waals surface area (Å²) in [4.78, 5) is 30.9. The monoisotopic (exact) mass is 382 g/mol. The number of hydrogen-bond acceptors (Lipinski definition) is 6. The van der Waals surface area contributed by atoms with E-state index in [2.05, 4.69) is 10.0 Å². The maximum Gasteiger partial charge on any atom is 0.265 e. The number of likely N-dealkylation sites (tertiary alicyclic amines) is 1. The van der Waals surface area contributed by atoms with Gasteiger partial charge in [-0.25, -0.2) is 13.5 Å². The van der Waals surface area contributed by atoms with Crippen LogP contribution in [0.1, 0.15) is 19.3 Å². The van der Waals surface area contributed by atoms with E-state index in [1.54, 1.807) is 18.2 Å². The Balaban J connectivity index is 1.80. The number of nitrogens with one attached hydrogen (secondary N) is 2. The summed E-state index contributed by atoms with van der Waals surface area (Å²) in [5, 5.41) is 4.31. The molecular formula is C16H22N4O5S.